The molecule has 0 fully saturated rings. The van der Waals surface area contributed by atoms with E-state index >= 15 is 0 Å². The molecule has 0 aliphatic rings. The third kappa shape index (κ3) is 1.69. The molecular formula is CH3N5O5S. The van der Waals surface area contributed by atoms with Crippen molar-refractivity contribution in [2.24, 2.45) is 5.84 Å². The Morgan fingerprint density at radius 3 is 2.33 bits per heavy atom. The lowest BCUT2D eigenvalue weighted by atomic mass is 11.4. The van der Waals surface area contributed by atoms with Gasteiger partial charge in [0, 0.05) is 0 Å². The van der Waals surface area contributed by atoms with Crippen LogP contribution in [0.2, 0.25) is 0 Å². The van der Waals surface area contributed by atoms with Crippen LogP contribution in [0.15, 0.2) is 0 Å². The van der Waals surface area contributed by atoms with Crippen LogP contribution in [0.25, 0.3) is 0 Å². The zero-order valence-corrected chi connectivity index (χ0v) is 6.17. The number of nitriles is 1. The Hall–Kier alpha value is -1.64. The molecule has 0 spiro atoms. The molecule has 0 aromatic carbocycles. The number of nitro groups is 1. The van der Waals surface area contributed by atoms with Gasteiger partial charge in [-0.15, -0.1) is 4.41 Å². The van der Waals surface area contributed by atoms with Crippen molar-refractivity contribution in [3.05, 3.63) is 10.1 Å². The van der Waals surface area contributed by atoms with Crippen LogP contribution in [0.5, 0.6) is 0 Å². The van der Waals surface area contributed by atoms with E-state index in [1.807, 2.05) is 0 Å². The fourth-order valence-corrected chi connectivity index (χ4v) is 0.644. The van der Waals surface area contributed by atoms with Crippen LogP contribution in [-0.4, -0.2) is 27.6 Å². The summed E-state index contributed by atoms with van der Waals surface area (Å²) in [6, 6.07) is 0. The van der Waals surface area contributed by atoms with Crippen molar-refractivity contribution in [1.82, 2.24) is 8.99 Å². The van der Waals surface area contributed by atoms with E-state index in [1.165, 1.54) is 0 Å². The molecule has 0 aliphatic carbocycles. The molecule has 10 nitrogen and oxygen atoms in total. The van der Waals surface area contributed by atoms with Gasteiger partial charge in [-0.25, -0.2) is 21.2 Å². The highest BCUT2D eigenvalue weighted by Gasteiger charge is 2.34. The second-order valence-electron chi connectivity index (χ2n) is 1.36. The predicted molar refractivity (Wildman–Crippen MR) is 31.2 cm³/mol. The normalized spacial score (nSPS) is 10.1. The number of nitrogens with two attached hydrogens (primary N) is 1. The first-order valence-corrected chi connectivity index (χ1v) is 3.57. The maximum atomic E-state index is 10.5. The zero-order chi connectivity index (χ0) is 9.94. The standard InChI is InChI=1S/CH3N5O5S/c2-1-4(3)12(10,11)6(9)5(7)8/h9H,3H2. The Bertz CT molecular complexity index is 313. The summed E-state index contributed by atoms with van der Waals surface area (Å²) >= 11 is 0. The Morgan fingerprint density at radius 2 is 2.08 bits per heavy atom. The molecule has 3 N–H and O–H groups in total. The van der Waals surface area contributed by atoms with Crippen molar-refractivity contribution in [3.8, 4) is 6.19 Å². The van der Waals surface area contributed by atoms with E-state index in [4.69, 9.17) is 10.5 Å². The number of hydrogen-bond acceptors (Lipinski definition) is 7. The van der Waals surface area contributed by atoms with Crippen LogP contribution in [-0.2, 0) is 10.2 Å². The smallest absolute Gasteiger partial charge is 0.232 e. The largest absolute Gasteiger partial charge is 0.424 e. The van der Waals surface area contributed by atoms with E-state index < -0.39 is 24.2 Å². The van der Waals surface area contributed by atoms with Gasteiger partial charge in [-0.3, -0.25) is 0 Å². The molecule has 0 atom stereocenters. The van der Waals surface area contributed by atoms with Crippen LogP contribution in [0.3, 0.4) is 0 Å². The first-order valence-electron chi connectivity index (χ1n) is 2.17. The maximum Gasteiger partial charge on any atom is 0.424 e. The second kappa shape index (κ2) is 3.17. The van der Waals surface area contributed by atoms with E-state index in [0.29, 0.717) is 0 Å². The molecular weight excluding hydrogens is 194 g/mol. The highest BCUT2D eigenvalue weighted by atomic mass is 32.2. The van der Waals surface area contributed by atoms with Gasteiger partial charge >= 0.3 is 10.2 Å². The van der Waals surface area contributed by atoms with Crippen LogP contribution < -0.4 is 5.84 Å². The Balaban J connectivity index is 4.90. The van der Waals surface area contributed by atoms with Gasteiger partial charge in [0.15, 0.2) is 0 Å². The molecule has 0 amide bonds. The molecule has 0 saturated heterocycles. The SMILES string of the molecule is N#CN(N)S(=O)(=O)N(O)[N+](=O)[O-]. The Labute approximate surface area is 66.2 Å². The Morgan fingerprint density at radius 1 is 1.67 bits per heavy atom. The lowest BCUT2D eigenvalue weighted by Crippen LogP contribution is -2.45. The van der Waals surface area contributed by atoms with Crippen LogP contribution in [0, 0.1) is 21.6 Å². The third-order valence-corrected chi connectivity index (χ3v) is 1.82. The maximum absolute atomic E-state index is 10.5. The number of rotatable bonds is 3. The molecule has 68 valence electrons. The first-order chi connectivity index (χ1) is 5.34. The number of hydrazine groups is 2. The molecule has 12 heavy (non-hydrogen) atoms. The van der Waals surface area contributed by atoms with Crippen molar-refractivity contribution in [3.63, 3.8) is 0 Å². The predicted octanol–water partition coefficient (Wildman–Crippen LogP) is -2.23. The number of nitrogens with zero attached hydrogens (tertiary/aromatic N) is 4. The highest BCUT2D eigenvalue weighted by molar-refractivity contribution is 7.86. The molecule has 0 aliphatic heterocycles. The average molecular weight is 197 g/mol. The quantitative estimate of drug-likeness (QED) is 0.170. The Kier molecular flexibility index (Phi) is 2.74. The third-order valence-electron chi connectivity index (χ3n) is 0.693. The van der Waals surface area contributed by atoms with E-state index in [0.717, 1.165) is 6.19 Å². The van der Waals surface area contributed by atoms with Gasteiger partial charge in [0.2, 0.25) is 11.2 Å². The van der Waals surface area contributed by atoms with E-state index in [1.54, 1.807) is 0 Å². The zero-order valence-electron chi connectivity index (χ0n) is 5.35. The lowest BCUT2D eigenvalue weighted by Gasteiger charge is -2.09. The molecule has 11 heteroatoms. The topological polar surface area (TPSA) is 154 Å². The summed E-state index contributed by atoms with van der Waals surface area (Å²) in [6.07, 6.45) is 0.858. The molecule has 0 aromatic heterocycles. The van der Waals surface area contributed by atoms with Gasteiger partial charge in [0.1, 0.15) is 4.58 Å². The summed E-state index contributed by atoms with van der Waals surface area (Å²) < 4.78 is 19.2. The minimum absolute atomic E-state index is 0.560. The van der Waals surface area contributed by atoms with Crippen molar-refractivity contribution >= 4 is 10.2 Å². The van der Waals surface area contributed by atoms with Gasteiger partial charge in [-0.2, -0.15) is 13.7 Å². The van der Waals surface area contributed by atoms with Crippen LogP contribution >= 0.6 is 0 Å². The molecule has 0 unspecified atom stereocenters. The van der Waals surface area contributed by atoms with Crippen molar-refractivity contribution in [1.29, 1.82) is 5.26 Å². The number of hydrogen-bond donors (Lipinski definition) is 2. The summed E-state index contributed by atoms with van der Waals surface area (Å²) in [5.74, 6) is 4.47. The molecule has 0 heterocycles. The highest BCUT2D eigenvalue weighted by Crippen LogP contribution is 1.98. The van der Waals surface area contributed by atoms with Gasteiger partial charge in [-0.1, -0.05) is 0 Å². The van der Waals surface area contributed by atoms with Gasteiger partial charge < -0.3 is 0 Å². The monoisotopic (exact) mass is 197 g/mol. The fraction of sp³-hybridized carbons (Fsp3) is 0. The van der Waals surface area contributed by atoms with E-state index in [-0.39, 0.29) is 0 Å². The van der Waals surface area contributed by atoms with Crippen molar-refractivity contribution in [2.75, 3.05) is 0 Å². The minimum Gasteiger partial charge on any atom is -0.232 e. The second-order valence-corrected chi connectivity index (χ2v) is 2.98. The average Bonchev–Trinajstić information content (AvgIpc) is 2.01. The summed E-state index contributed by atoms with van der Waals surface area (Å²) in [4.78, 5) is 9.68. The van der Waals surface area contributed by atoms with Gasteiger partial charge in [-0.05, 0) is 0 Å². The molecule has 0 rings (SSSR count). The van der Waals surface area contributed by atoms with Crippen LogP contribution in [0.4, 0.5) is 0 Å². The van der Waals surface area contributed by atoms with Crippen LogP contribution in [0.1, 0.15) is 0 Å². The molecule has 0 saturated carbocycles. The molecule has 0 bridgehead atoms. The lowest BCUT2D eigenvalue weighted by molar-refractivity contribution is -0.689. The van der Waals surface area contributed by atoms with Crippen molar-refractivity contribution < 1.29 is 18.7 Å². The van der Waals surface area contributed by atoms with Gasteiger partial charge in [0.25, 0.3) is 0 Å². The van der Waals surface area contributed by atoms with E-state index in [9.17, 15) is 18.5 Å². The summed E-state index contributed by atoms with van der Waals surface area (Å²) in [6.45, 7) is 0. The summed E-state index contributed by atoms with van der Waals surface area (Å²) in [7, 11) is -4.95. The van der Waals surface area contributed by atoms with Gasteiger partial charge in [0.05, 0.1) is 0 Å². The summed E-state index contributed by atoms with van der Waals surface area (Å²) in [5, 5.41) is 24.2. The molecule has 0 radical (unpaired) electrons. The van der Waals surface area contributed by atoms with Crippen molar-refractivity contribution in [2.45, 2.75) is 0 Å². The van der Waals surface area contributed by atoms with E-state index in [2.05, 4.69) is 5.84 Å². The fourth-order valence-electron chi connectivity index (χ4n) is 0.215. The first kappa shape index (κ1) is 10.4. The molecule has 0 aromatic rings. The minimum atomic E-state index is -4.95. The summed E-state index contributed by atoms with van der Waals surface area (Å²) in [5.41, 5.74) is 0.